The first-order valence-electron chi connectivity index (χ1n) is 6.18. The summed E-state index contributed by atoms with van der Waals surface area (Å²) < 4.78 is 0. The van der Waals surface area contributed by atoms with Crippen molar-refractivity contribution in [2.75, 3.05) is 19.6 Å². The number of carbonyl (C=O) groups excluding carboxylic acids is 1. The minimum atomic E-state index is -0.408. The SMILES string of the molecule is CC1(C)NCCN(CCc2ccccc2)C1=O. The molecule has 1 aliphatic heterocycles. The first-order chi connectivity index (χ1) is 8.09. The van der Waals surface area contributed by atoms with Crippen LogP contribution in [0.15, 0.2) is 30.3 Å². The fourth-order valence-electron chi connectivity index (χ4n) is 2.20. The van der Waals surface area contributed by atoms with Gasteiger partial charge in [-0.05, 0) is 25.8 Å². The van der Waals surface area contributed by atoms with E-state index < -0.39 is 5.54 Å². The van der Waals surface area contributed by atoms with E-state index in [1.54, 1.807) is 0 Å². The lowest BCUT2D eigenvalue weighted by molar-refractivity contribution is -0.139. The van der Waals surface area contributed by atoms with Crippen LogP contribution in [-0.4, -0.2) is 36.0 Å². The van der Waals surface area contributed by atoms with Gasteiger partial charge in [-0.15, -0.1) is 0 Å². The Labute approximate surface area is 103 Å². The average molecular weight is 232 g/mol. The Morgan fingerprint density at radius 3 is 2.71 bits per heavy atom. The maximum absolute atomic E-state index is 12.1. The molecule has 0 bridgehead atoms. The van der Waals surface area contributed by atoms with Crippen molar-refractivity contribution in [2.45, 2.75) is 25.8 Å². The number of piperazine rings is 1. The fraction of sp³-hybridized carbons (Fsp3) is 0.500. The lowest BCUT2D eigenvalue weighted by Crippen LogP contribution is -2.61. The molecule has 1 fully saturated rings. The van der Waals surface area contributed by atoms with Crippen LogP contribution in [0.1, 0.15) is 19.4 Å². The third kappa shape index (κ3) is 2.86. The van der Waals surface area contributed by atoms with Crippen LogP contribution in [0.4, 0.5) is 0 Å². The van der Waals surface area contributed by atoms with Gasteiger partial charge in [0.2, 0.25) is 5.91 Å². The van der Waals surface area contributed by atoms with Crippen molar-refractivity contribution >= 4 is 5.91 Å². The highest BCUT2D eigenvalue weighted by molar-refractivity contribution is 5.86. The molecule has 1 saturated heterocycles. The van der Waals surface area contributed by atoms with E-state index in [4.69, 9.17) is 0 Å². The average Bonchev–Trinajstić information content (AvgIpc) is 2.32. The lowest BCUT2D eigenvalue weighted by atomic mass is 10.0. The van der Waals surface area contributed by atoms with Crippen LogP contribution in [0.3, 0.4) is 0 Å². The smallest absolute Gasteiger partial charge is 0.242 e. The number of benzene rings is 1. The molecular formula is C14H20N2O. The predicted molar refractivity (Wildman–Crippen MR) is 68.8 cm³/mol. The molecule has 0 aromatic heterocycles. The van der Waals surface area contributed by atoms with Crippen molar-refractivity contribution < 1.29 is 4.79 Å². The summed E-state index contributed by atoms with van der Waals surface area (Å²) in [6.45, 7) is 6.41. The van der Waals surface area contributed by atoms with Crippen LogP contribution in [0.25, 0.3) is 0 Å². The van der Waals surface area contributed by atoms with Gasteiger partial charge >= 0.3 is 0 Å². The highest BCUT2D eigenvalue weighted by Crippen LogP contribution is 2.13. The molecule has 0 aliphatic carbocycles. The third-order valence-electron chi connectivity index (χ3n) is 3.28. The summed E-state index contributed by atoms with van der Waals surface area (Å²) in [6.07, 6.45) is 0.933. The monoisotopic (exact) mass is 232 g/mol. The maximum Gasteiger partial charge on any atom is 0.242 e. The van der Waals surface area contributed by atoms with Crippen LogP contribution < -0.4 is 5.32 Å². The Balaban J connectivity index is 1.93. The molecule has 0 atom stereocenters. The summed E-state index contributed by atoms with van der Waals surface area (Å²) in [5.74, 6) is 0.208. The van der Waals surface area contributed by atoms with Crippen molar-refractivity contribution in [1.82, 2.24) is 10.2 Å². The first kappa shape index (κ1) is 12.1. The quantitative estimate of drug-likeness (QED) is 0.855. The summed E-state index contributed by atoms with van der Waals surface area (Å²) in [6, 6.07) is 10.3. The normalized spacial score (nSPS) is 19.4. The zero-order valence-electron chi connectivity index (χ0n) is 10.6. The highest BCUT2D eigenvalue weighted by Gasteiger charge is 2.34. The predicted octanol–water partition coefficient (Wildman–Crippen LogP) is 1.44. The van der Waals surface area contributed by atoms with Gasteiger partial charge in [0.25, 0.3) is 0 Å². The molecular weight excluding hydrogens is 212 g/mol. The van der Waals surface area contributed by atoms with E-state index in [9.17, 15) is 4.79 Å². The number of hydrogen-bond donors (Lipinski definition) is 1. The molecule has 0 unspecified atom stereocenters. The largest absolute Gasteiger partial charge is 0.340 e. The second-order valence-electron chi connectivity index (χ2n) is 5.08. The zero-order valence-corrected chi connectivity index (χ0v) is 10.6. The molecule has 3 heteroatoms. The summed E-state index contributed by atoms with van der Waals surface area (Å²) in [7, 11) is 0. The van der Waals surface area contributed by atoms with Gasteiger partial charge < -0.3 is 10.2 Å². The van der Waals surface area contributed by atoms with Crippen LogP contribution >= 0.6 is 0 Å². The molecule has 2 rings (SSSR count). The Morgan fingerprint density at radius 2 is 2.00 bits per heavy atom. The number of rotatable bonds is 3. The molecule has 92 valence electrons. The molecule has 0 saturated carbocycles. The Bertz CT molecular complexity index is 386. The Kier molecular flexibility index (Phi) is 3.48. The molecule has 1 aromatic carbocycles. The number of hydrogen-bond acceptors (Lipinski definition) is 2. The van der Waals surface area contributed by atoms with E-state index >= 15 is 0 Å². The standard InChI is InChI=1S/C14H20N2O/c1-14(2)13(17)16(11-9-15-14)10-8-12-6-4-3-5-7-12/h3-7,15H,8-11H2,1-2H3. The van der Waals surface area contributed by atoms with Gasteiger partial charge in [0, 0.05) is 19.6 Å². The highest BCUT2D eigenvalue weighted by atomic mass is 16.2. The van der Waals surface area contributed by atoms with Crippen molar-refractivity contribution in [2.24, 2.45) is 0 Å². The molecule has 0 spiro atoms. The van der Waals surface area contributed by atoms with E-state index in [1.165, 1.54) is 5.56 Å². The Morgan fingerprint density at radius 1 is 1.29 bits per heavy atom. The molecule has 0 radical (unpaired) electrons. The number of carbonyl (C=O) groups is 1. The molecule has 1 aliphatic rings. The van der Waals surface area contributed by atoms with E-state index in [0.29, 0.717) is 0 Å². The van der Waals surface area contributed by atoms with E-state index in [2.05, 4.69) is 17.4 Å². The van der Waals surface area contributed by atoms with Crippen LogP contribution in [0, 0.1) is 0 Å². The first-order valence-corrected chi connectivity index (χ1v) is 6.18. The molecule has 3 nitrogen and oxygen atoms in total. The van der Waals surface area contributed by atoms with Crippen molar-refractivity contribution in [3.63, 3.8) is 0 Å². The van der Waals surface area contributed by atoms with Gasteiger partial charge in [-0.25, -0.2) is 0 Å². The zero-order chi connectivity index (χ0) is 12.3. The van der Waals surface area contributed by atoms with Crippen LogP contribution in [0.5, 0.6) is 0 Å². The van der Waals surface area contributed by atoms with Gasteiger partial charge in [0.1, 0.15) is 0 Å². The van der Waals surface area contributed by atoms with Crippen molar-refractivity contribution in [3.8, 4) is 0 Å². The number of amides is 1. The molecule has 1 heterocycles. The number of nitrogens with one attached hydrogen (secondary N) is 1. The topological polar surface area (TPSA) is 32.3 Å². The van der Waals surface area contributed by atoms with Gasteiger partial charge in [-0.1, -0.05) is 30.3 Å². The molecule has 1 aromatic rings. The number of nitrogens with zero attached hydrogens (tertiary/aromatic N) is 1. The summed E-state index contributed by atoms with van der Waals surface area (Å²) in [5.41, 5.74) is 0.881. The van der Waals surface area contributed by atoms with Crippen molar-refractivity contribution in [1.29, 1.82) is 0 Å². The van der Waals surface area contributed by atoms with Crippen LogP contribution in [0.2, 0.25) is 0 Å². The van der Waals surface area contributed by atoms with Gasteiger partial charge in [0.05, 0.1) is 5.54 Å². The van der Waals surface area contributed by atoms with E-state index in [0.717, 1.165) is 26.1 Å². The van der Waals surface area contributed by atoms with E-state index in [1.807, 2.05) is 36.9 Å². The summed E-state index contributed by atoms with van der Waals surface area (Å²) in [5, 5.41) is 3.25. The van der Waals surface area contributed by atoms with Crippen molar-refractivity contribution in [3.05, 3.63) is 35.9 Å². The maximum atomic E-state index is 12.1. The van der Waals surface area contributed by atoms with Crippen LogP contribution in [-0.2, 0) is 11.2 Å². The minimum absolute atomic E-state index is 0.208. The Hall–Kier alpha value is -1.35. The van der Waals surface area contributed by atoms with Gasteiger partial charge in [-0.2, -0.15) is 0 Å². The second kappa shape index (κ2) is 4.88. The lowest BCUT2D eigenvalue weighted by Gasteiger charge is -2.38. The fourth-order valence-corrected chi connectivity index (χ4v) is 2.20. The van der Waals surface area contributed by atoms with E-state index in [-0.39, 0.29) is 5.91 Å². The summed E-state index contributed by atoms with van der Waals surface area (Å²) in [4.78, 5) is 14.1. The van der Waals surface area contributed by atoms with Gasteiger partial charge in [-0.3, -0.25) is 4.79 Å². The van der Waals surface area contributed by atoms with Gasteiger partial charge in [0.15, 0.2) is 0 Å². The second-order valence-corrected chi connectivity index (χ2v) is 5.08. The minimum Gasteiger partial charge on any atom is -0.340 e. The molecule has 17 heavy (non-hydrogen) atoms. The molecule has 1 amide bonds. The summed E-state index contributed by atoms with van der Waals surface area (Å²) >= 11 is 0. The third-order valence-corrected chi connectivity index (χ3v) is 3.28. The molecule has 1 N–H and O–H groups in total.